The molecule has 0 aliphatic carbocycles. The van der Waals surface area contributed by atoms with Gasteiger partial charge in [-0.3, -0.25) is 0 Å². The van der Waals surface area contributed by atoms with Gasteiger partial charge in [0.2, 0.25) is 0 Å². The van der Waals surface area contributed by atoms with Crippen molar-refractivity contribution in [2.75, 3.05) is 31.7 Å². The number of carbonyl (C=O) groups is 1. The van der Waals surface area contributed by atoms with Crippen molar-refractivity contribution in [3.05, 3.63) is 9.98 Å². The number of carbonyl (C=O) groups excluding carboxylic acids is 1. The Bertz CT molecular complexity index is 385. The molecular formula is C9H11BrN2O3S. The van der Waals surface area contributed by atoms with Crippen molar-refractivity contribution < 1.29 is 14.3 Å². The van der Waals surface area contributed by atoms with E-state index in [1.54, 1.807) is 0 Å². The van der Waals surface area contributed by atoms with E-state index >= 15 is 0 Å². The first-order chi connectivity index (χ1) is 7.70. The van der Waals surface area contributed by atoms with E-state index in [1.165, 1.54) is 18.4 Å². The van der Waals surface area contributed by atoms with Crippen molar-refractivity contribution in [1.29, 1.82) is 0 Å². The van der Waals surface area contributed by atoms with Crippen LogP contribution in [-0.2, 0) is 14.3 Å². The molecule has 88 valence electrons. The number of morpholine rings is 1. The van der Waals surface area contributed by atoms with Crippen molar-refractivity contribution in [1.82, 2.24) is 4.98 Å². The number of rotatable bonds is 2. The fourth-order valence-corrected chi connectivity index (χ4v) is 2.77. The zero-order valence-corrected chi connectivity index (χ0v) is 11.1. The number of hydrogen-bond acceptors (Lipinski definition) is 6. The molecular weight excluding hydrogens is 296 g/mol. The van der Waals surface area contributed by atoms with Gasteiger partial charge in [0, 0.05) is 11.9 Å². The van der Waals surface area contributed by atoms with Gasteiger partial charge >= 0.3 is 5.97 Å². The molecule has 1 fully saturated rings. The molecule has 1 atom stereocenters. The molecule has 1 aromatic rings. The summed E-state index contributed by atoms with van der Waals surface area (Å²) in [6.07, 6.45) is -0.513. The molecule has 2 heterocycles. The maximum Gasteiger partial charge on any atom is 0.336 e. The van der Waals surface area contributed by atoms with Crippen LogP contribution in [0.2, 0.25) is 0 Å². The predicted octanol–water partition coefficient (Wildman–Crippen LogP) is 1.28. The molecule has 2 rings (SSSR count). The van der Waals surface area contributed by atoms with E-state index < -0.39 is 6.10 Å². The molecule has 1 aliphatic rings. The normalized spacial score (nSPS) is 20.9. The van der Waals surface area contributed by atoms with E-state index in [2.05, 4.69) is 25.7 Å². The van der Waals surface area contributed by atoms with Crippen LogP contribution < -0.4 is 4.90 Å². The number of thiazole rings is 1. The van der Waals surface area contributed by atoms with Crippen LogP contribution in [0, 0.1) is 0 Å². The van der Waals surface area contributed by atoms with Crippen LogP contribution >= 0.6 is 27.3 Å². The predicted molar refractivity (Wildman–Crippen MR) is 63.8 cm³/mol. The van der Waals surface area contributed by atoms with Crippen molar-refractivity contribution in [2.45, 2.75) is 6.10 Å². The lowest BCUT2D eigenvalue weighted by Crippen LogP contribution is -2.46. The molecule has 0 N–H and O–H groups in total. The third-order valence-electron chi connectivity index (χ3n) is 2.27. The number of hydrogen-bond donors (Lipinski definition) is 0. The maximum atomic E-state index is 11.3. The van der Waals surface area contributed by atoms with Gasteiger partial charge in [0.15, 0.2) is 11.2 Å². The molecule has 16 heavy (non-hydrogen) atoms. The number of esters is 1. The number of methoxy groups -OCH3 is 1. The van der Waals surface area contributed by atoms with Gasteiger partial charge in [-0.25, -0.2) is 9.78 Å². The lowest BCUT2D eigenvalue weighted by atomic mass is 10.3. The van der Waals surface area contributed by atoms with E-state index in [9.17, 15) is 4.79 Å². The first-order valence-corrected chi connectivity index (χ1v) is 6.43. The minimum absolute atomic E-state index is 0.333. The van der Waals surface area contributed by atoms with Crippen molar-refractivity contribution in [2.24, 2.45) is 0 Å². The highest BCUT2D eigenvalue weighted by Crippen LogP contribution is 2.25. The molecule has 0 amide bonds. The molecule has 1 aliphatic heterocycles. The number of nitrogens with zero attached hydrogens (tertiary/aromatic N) is 2. The summed E-state index contributed by atoms with van der Waals surface area (Å²) in [6, 6.07) is 0. The molecule has 1 aromatic heterocycles. The summed E-state index contributed by atoms with van der Waals surface area (Å²) in [7, 11) is 1.37. The molecule has 0 bridgehead atoms. The van der Waals surface area contributed by atoms with Gasteiger partial charge in [0.05, 0.1) is 20.3 Å². The average molecular weight is 307 g/mol. The summed E-state index contributed by atoms with van der Waals surface area (Å²) in [6.45, 7) is 1.75. The Morgan fingerprint density at radius 2 is 2.62 bits per heavy atom. The molecule has 1 saturated heterocycles. The second kappa shape index (κ2) is 5.11. The summed E-state index contributed by atoms with van der Waals surface area (Å²) < 4.78 is 10.8. The maximum absolute atomic E-state index is 11.3. The van der Waals surface area contributed by atoms with Gasteiger partial charge < -0.3 is 14.4 Å². The first-order valence-electron chi connectivity index (χ1n) is 4.76. The standard InChI is InChI=1S/C9H11BrN2O3S/c1-14-8(13)6-4-12(2-3-15-6)9-11-7(10)5-16-9/h5-6H,2-4H2,1H3. The number of halogens is 1. The SMILES string of the molecule is COC(=O)C1CN(c2nc(Br)cs2)CCO1. The van der Waals surface area contributed by atoms with E-state index in [-0.39, 0.29) is 5.97 Å². The number of aromatic nitrogens is 1. The van der Waals surface area contributed by atoms with E-state index in [0.717, 1.165) is 16.3 Å². The Morgan fingerprint density at radius 1 is 1.81 bits per heavy atom. The Morgan fingerprint density at radius 3 is 3.25 bits per heavy atom. The van der Waals surface area contributed by atoms with Crippen molar-refractivity contribution in [3.63, 3.8) is 0 Å². The summed E-state index contributed by atoms with van der Waals surface area (Å²) in [4.78, 5) is 17.7. The Balaban J connectivity index is 2.04. The highest BCUT2D eigenvalue weighted by molar-refractivity contribution is 9.10. The van der Waals surface area contributed by atoms with E-state index in [1.807, 2.05) is 10.3 Å². The summed E-state index contributed by atoms with van der Waals surface area (Å²) in [5, 5.41) is 2.81. The third kappa shape index (κ3) is 2.53. The van der Waals surface area contributed by atoms with Crippen molar-refractivity contribution in [3.8, 4) is 0 Å². The van der Waals surface area contributed by atoms with Crippen LogP contribution in [0.1, 0.15) is 0 Å². The summed E-state index contributed by atoms with van der Waals surface area (Å²) >= 11 is 4.84. The van der Waals surface area contributed by atoms with Crippen LogP contribution in [0.3, 0.4) is 0 Å². The smallest absolute Gasteiger partial charge is 0.336 e. The lowest BCUT2D eigenvalue weighted by Gasteiger charge is -2.31. The van der Waals surface area contributed by atoms with Crippen LogP contribution in [0.15, 0.2) is 9.98 Å². The van der Waals surface area contributed by atoms with Gasteiger partial charge in [0.1, 0.15) is 4.60 Å². The monoisotopic (exact) mass is 306 g/mol. The van der Waals surface area contributed by atoms with Crippen molar-refractivity contribution >= 4 is 38.4 Å². The highest BCUT2D eigenvalue weighted by atomic mass is 79.9. The van der Waals surface area contributed by atoms with Gasteiger partial charge in [0.25, 0.3) is 0 Å². The second-order valence-electron chi connectivity index (χ2n) is 3.28. The van der Waals surface area contributed by atoms with Gasteiger partial charge in [-0.15, -0.1) is 11.3 Å². The minimum atomic E-state index is -0.513. The van der Waals surface area contributed by atoms with E-state index in [4.69, 9.17) is 4.74 Å². The topological polar surface area (TPSA) is 51.7 Å². The summed E-state index contributed by atoms with van der Waals surface area (Å²) in [5.41, 5.74) is 0. The Hall–Kier alpha value is -0.660. The molecule has 1 unspecified atom stereocenters. The molecule has 0 radical (unpaired) electrons. The van der Waals surface area contributed by atoms with Crippen LogP contribution in [0.4, 0.5) is 5.13 Å². The van der Waals surface area contributed by atoms with Gasteiger partial charge in [-0.1, -0.05) is 0 Å². The Labute approximate surface area is 105 Å². The lowest BCUT2D eigenvalue weighted by molar-refractivity contribution is -0.154. The fraction of sp³-hybridized carbons (Fsp3) is 0.556. The largest absolute Gasteiger partial charge is 0.467 e. The van der Waals surface area contributed by atoms with E-state index in [0.29, 0.717) is 13.2 Å². The van der Waals surface area contributed by atoms with Gasteiger partial charge in [-0.2, -0.15) is 0 Å². The van der Waals surface area contributed by atoms with Crippen LogP contribution in [0.25, 0.3) is 0 Å². The number of anilines is 1. The second-order valence-corrected chi connectivity index (χ2v) is 4.93. The average Bonchev–Trinajstić information content (AvgIpc) is 2.75. The van der Waals surface area contributed by atoms with Crippen LogP contribution in [-0.4, -0.2) is 43.9 Å². The first kappa shape index (κ1) is 11.8. The molecule has 0 spiro atoms. The third-order valence-corrected chi connectivity index (χ3v) is 3.88. The Kier molecular flexibility index (Phi) is 3.78. The molecule has 0 saturated carbocycles. The fourth-order valence-electron chi connectivity index (χ4n) is 1.49. The zero-order chi connectivity index (χ0) is 11.5. The van der Waals surface area contributed by atoms with Crippen LogP contribution in [0.5, 0.6) is 0 Å². The quantitative estimate of drug-likeness (QED) is 0.771. The summed E-state index contributed by atoms with van der Waals surface area (Å²) in [5.74, 6) is -0.333. The number of ether oxygens (including phenoxy) is 2. The molecule has 0 aromatic carbocycles. The molecule has 5 nitrogen and oxygen atoms in total. The highest BCUT2D eigenvalue weighted by Gasteiger charge is 2.28. The minimum Gasteiger partial charge on any atom is -0.467 e. The van der Waals surface area contributed by atoms with Gasteiger partial charge in [-0.05, 0) is 15.9 Å². The molecule has 7 heteroatoms. The zero-order valence-electron chi connectivity index (χ0n) is 8.68.